The van der Waals surface area contributed by atoms with Crippen LogP contribution in [-0.2, 0) is 24.1 Å². The van der Waals surface area contributed by atoms with Crippen LogP contribution >= 0.6 is 0 Å². The van der Waals surface area contributed by atoms with Gasteiger partial charge in [0.15, 0.2) is 5.82 Å². The minimum atomic E-state index is -4.01. The van der Waals surface area contributed by atoms with Crippen LogP contribution in [0.25, 0.3) is 0 Å². The van der Waals surface area contributed by atoms with Crippen molar-refractivity contribution in [3.63, 3.8) is 0 Å². The molecule has 2 aromatic rings. The van der Waals surface area contributed by atoms with Crippen molar-refractivity contribution in [2.24, 2.45) is 5.41 Å². The van der Waals surface area contributed by atoms with Gasteiger partial charge in [-0.15, -0.1) is 0 Å². The third-order valence-electron chi connectivity index (χ3n) is 4.61. The number of ether oxygens (including phenoxy) is 1. The summed E-state index contributed by atoms with van der Waals surface area (Å²) in [4.78, 5) is 0.0804. The van der Waals surface area contributed by atoms with Crippen molar-refractivity contribution in [3.8, 4) is 0 Å². The summed E-state index contributed by atoms with van der Waals surface area (Å²) < 4.78 is 50.1. The quantitative estimate of drug-likeness (QED) is 0.532. The third kappa shape index (κ3) is 3.95. The molecule has 8 nitrogen and oxygen atoms in total. The van der Waals surface area contributed by atoms with Crippen molar-refractivity contribution in [3.05, 3.63) is 35.6 Å². The largest absolute Gasteiger partial charge is 0.495 e. The number of aryl methyl sites for hydroxylation is 1. The maximum atomic E-state index is 13.5. The minimum Gasteiger partial charge on any atom is -0.407 e. The molecule has 0 bridgehead atoms. The first-order chi connectivity index (χ1) is 13.2. The van der Waals surface area contributed by atoms with Crippen LogP contribution in [0, 0.1) is 19.3 Å². The van der Waals surface area contributed by atoms with E-state index in [1.165, 1.54) is 13.2 Å². The molecule has 28 heavy (non-hydrogen) atoms. The zero-order chi connectivity index (χ0) is 20.5. The summed E-state index contributed by atoms with van der Waals surface area (Å²) >= 11 is 0. The highest BCUT2D eigenvalue weighted by Crippen LogP contribution is 2.28. The molecule has 0 spiro atoms. The molecule has 0 amide bonds. The molecular weight excluding hydrogens is 383 g/mol. The summed E-state index contributed by atoms with van der Waals surface area (Å²) in [7, 11) is -3.35. The number of rotatable bonds is 6. The van der Waals surface area contributed by atoms with Crippen LogP contribution in [0.15, 0.2) is 33.7 Å². The molecule has 1 aromatic carbocycles. The van der Waals surface area contributed by atoms with Gasteiger partial charge in [0.2, 0.25) is 0 Å². The first kappa shape index (κ1) is 20.8. The van der Waals surface area contributed by atoms with E-state index in [2.05, 4.69) is 5.16 Å². The fraction of sp³-hybridized carbons (Fsp3) is 0.500. The second-order valence-electron chi connectivity index (χ2n) is 7.61. The first-order valence-corrected chi connectivity index (χ1v) is 10.4. The Labute approximate surface area is 165 Å². The summed E-state index contributed by atoms with van der Waals surface area (Å²) in [5, 5.41) is 3.92. The van der Waals surface area contributed by atoms with Crippen molar-refractivity contribution in [1.82, 2.24) is 5.16 Å². The Hall–Kier alpha value is -1.88. The van der Waals surface area contributed by atoms with E-state index in [9.17, 15) is 8.42 Å². The Morgan fingerprint density at radius 3 is 2.43 bits per heavy atom. The summed E-state index contributed by atoms with van der Waals surface area (Å²) in [6.07, 6.45) is 0. The fourth-order valence-electron chi connectivity index (χ4n) is 2.90. The average molecular weight is 408 g/mol. The first-order valence-electron chi connectivity index (χ1n) is 8.94. The van der Waals surface area contributed by atoms with Gasteiger partial charge < -0.3 is 18.6 Å². The van der Waals surface area contributed by atoms with Crippen molar-refractivity contribution < 1.29 is 27.0 Å². The fourth-order valence-corrected chi connectivity index (χ4v) is 4.49. The molecule has 1 aliphatic rings. The third-order valence-corrected chi connectivity index (χ3v) is 6.39. The normalized spacial score (nSPS) is 17.0. The Morgan fingerprint density at radius 2 is 1.86 bits per heavy atom. The Morgan fingerprint density at radius 1 is 1.21 bits per heavy atom. The molecule has 0 radical (unpaired) electrons. The van der Waals surface area contributed by atoms with Gasteiger partial charge in [0.05, 0.1) is 4.90 Å². The lowest BCUT2D eigenvalue weighted by Gasteiger charge is -2.33. The maximum Gasteiger partial charge on any atom is 0.495 e. The molecule has 1 fully saturated rings. The molecule has 0 N–H and O–H groups in total. The van der Waals surface area contributed by atoms with Gasteiger partial charge in [-0.05, 0) is 19.9 Å². The Balaban J connectivity index is 2.02. The molecule has 2 heterocycles. The Bertz CT molecular complexity index is 933. The van der Waals surface area contributed by atoms with E-state index >= 15 is 0 Å². The summed E-state index contributed by atoms with van der Waals surface area (Å²) in [5.74, 6) is 0.738. The molecule has 1 aliphatic heterocycles. The number of benzene rings is 1. The average Bonchev–Trinajstić information content (AvgIpc) is 2.98. The topological polar surface area (TPSA) is 91.1 Å². The Kier molecular flexibility index (Phi) is 5.85. The second kappa shape index (κ2) is 7.86. The smallest absolute Gasteiger partial charge is 0.407 e. The van der Waals surface area contributed by atoms with Gasteiger partial charge in [0.1, 0.15) is 12.5 Å². The molecule has 3 rings (SSSR count). The van der Waals surface area contributed by atoms with Crippen molar-refractivity contribution >= 4 is 28.4 Å². The molecule has 0 unspecified atom stereocenters. The van der Waals surface area contributed by atoms with E-state index in [1.807, 2.05) is 13.8 Å². The number of aromatic nitrogens is 1. The van der Waals surface area contributed by atoms with E-state index in [1.54, 1.807) is 32.0 Å². The number of methoxy groups -OCH3 is 1. The van der Waals surface area contributed by atoms with Crippen molar-refractivity contribution in [2.45, 2.75) is 32.6 Å². The maximum absolute atomic E-state index is 13.5. The number of hydrogen-bond acceptors (Lipinski definition) is 7. The number of anilines is 1. The van der Waals surface area contributed by atoms with E-state index in [-0.39, 0.29) is 22.9 Å². The highest BCUT2D eigenvalue weighted by atomic mass is 32.2. The van der Waals surface area contributed by atoms with Crippen LogP contribution < -0.4 is 9.77 Å². The van der Waals surface area contributed by atoms with Crippen LogP contribution in [0.5, 0.6) is 0 Å². The number of sulfonamides is 1. The lowest BCUT2D eigenvalue weighted by molar-refractivity contribution is 0.0341. The molecule has 0 atom stereocenters. The second-order valence-corrected chi connectivity index (χ2v) is 9.45. The predicted molar refractivity (Wildman–Crippen MR) is 105 cm³/mol. The predicted octanol–water partition coefficient (Wildman–Crippen LogP) is 1.86. The van der Waals surface area contributed by atoms with Gasteiger partial charge >= 0.3 is 7.12 Å². The molecule has 1 aromatic heterocycles. The lowest BCUT2D eigenvalue weighted by Crippen LogP contribution is -2.49. The van der Waals surface area contributed by atoms with Gasteiger partial charge in [0, 0.05) is 36.8 Å². The zero-order valence-corrected chi connectivity index (χ0v) is 17.6. The number of hydrogen-bond donors (Lipinski definition) is 0. The van der Waals surface area contributed by atoms with Gasteiger partial charge in [-0.25, -0.2) is 12.7 Å². The summed E-state index contributed by atoms with van der Waals surface area (Å²) in [5.41, 5.74) is 0.948. The van der Waals surface area contributed by atoms with E-state index in [4.69, 9.17) is 18.6 Å². The summed E-state index contributed by atoms with van der Waals surface area (Å²) in [6.45, 7) is 8.26. The zero-order valence-electron chi connectivity index (χ0n) is 16.8. The van der Waals surface area contributed by atoms with Crippen LogP contribution in [0.2, 0.25) is 0 Å². The minimum absolute atomic E-state index is 0.0804. The van der Waals surface area contributed by atoms with Crippen molar-refractivity contribution in [1.29, 1.82) is 0 Å². The van der Waals surface area contributed by atoms with Gasteiger partial charge in [-0.3, -0.25) is 0 Å². The lowest BCUT2D eigenvalue weighted by atomic mass is 9.76. The van der Waals surface area contributed by atoms with Crippen LogP contribution in [-0.4, -0.2) is 47.7 Å². The molecule has 0 saturated carbocycles. The highest BCUT2D eigenvalue weighted by molar-refractivity contribution is 7.93. The van der Waals surface area contributed by atoms with E-state index < -0.39 is 17.1 Å². The standard InChI is InChI=1S/C18H25BN2O6S/c1-13-14(2)27-20-17(13)21(12-24-5)28(22,23)16-9-7-6-8-15(16)19-25-10-18(3,4)11-26-19/h6-9H,10-12H2,1-5H3. The highest BCUT2D eigenvalue weighted by Gasteiger charge is 2.39. The van der Waals surface area contributed by atoms with Crippen molar-refractivity contribution in [2.75, 3.05) is 31.4 Å². The van der Waals surface area contributed by atoms with Crippen LogP contribution in [0.1, 0.15) is 25.2 Å². The van der Waals surface area contributed by atoms with Gasteiger partial charge in [0.25, 0.3) is 10.0 Å². The van der Waals surface area contributed by atoms with E-state index in [0.29, 0.717) is 30.0 Å². The summed E-state index contributed by atoms with van der Waals surface area (Å²) in [6, 6.07) is 6.64. The SMILES string of the molecule is COCN(c1noc(C)c1C)S(=O)(=O)c1ccccc1B1OCC(C)(C)CO1. The molecule has 10 heteroatoms. The van der Waals surface area contributed by atoms with E-state index in [0.717, 1.165) is 4.31 Å². The number of nitrogens with zero attached hydrogens (tertiary/aromatic N) is 2. The van der Waals surface area contributed by atoms with Crippen LogP contribution in [0.3, 0.4) is 0 Å². The molecular formula is C18H25BN2O6S. The van der Waals surface area contributed by atoms with Gasteiger partial charge in [-0.1, -0.05) is 37.2 Å². The van der Waals surface area contributed by atoms with Gasteiger partial charge in [-0.2, -0.15) is 0 Å². The molecule has 1 saturated heterocycles. The monoisotopic (exact) mass is 408 g/mol. The van der Waals surface area contributed by atoms with Crippen LogP contribution in [0.4, 0.5) is 5.82 Å². The molecule has 152 valence electrons. The molecule has 0 aliphatic carbocycles.